The summed E-state index contributed by atoms with van der Waals surface area (Å²) in [5.74, 6) is -1.82. The van der Waals surface area contributed by atoms with E-state index in [4.69, 9.17) is 9.84 Å². The molecule has 0 bridgehead atoms. The fourth-order valence-electron chi connectivity index (χ4n) is 1.20. The minimum absolute atomic E-state index is 0.150. The topological polar surface area (TPSA) is 63.6 Å². The lowest BCUT2D eigenvalue weighted by atomic mass is 9.87. The molecule has 0 aromatic rings. The highest BCUT2D eigenvalue weighted by molar-refractivity contribution is 5.90. The van der Waals surface area contributed by atoms with Gasteiger partial charge in [0.1, 0.15) is 12.5 Å². The average Bonchev–Trinajstić information content (AvgIpc) is 1.96. The molecule has 14 heavy (non-hydrogen) atoms. The highest BCUT2D eigenvalue weighted by Crippen LogP contribution is 2.24. The molecule has 0 fully saturated rings. The summed E-state index contributed by atoms with van der Waals surface area (Å²) in [5, 5.41) is 8.37. The standard InChI is InChI=1S/C10H18O4/c1-5-7(10(2,3)4)14-9(13)6-8(11)12/h7H,5-6H2,1-4H3,(H,11,12). The van der Waals surface area contributed by atoms with Gasteiger partial charge in [-0.3, -0.25) is 9.59 Å². The maximum Gasteiger partial charge on any atom is 0.317 e. The van der Waals surface area contributed by atoms with Gasteiger partial charge in [0.25, 0.3) is 0 Å². The summed E-state index contributed by atoms with van der Waals surface area (Å²) >= 11 is 0. The molecule has 0 aromatic carbocycles. The van der Waals surface area contributed by atoms with Crippen molar-refractivity contribution in [3.8, 4) is 0 Å². The summed E-state index contributed by atoms with van der Waals surface area (Å²) in [6.07, 6.45) is -0.101. The Bertz CT molecular complexity index is 215. The summed E-state index contributed by atoms with van der Waals surface area (Å²) < 4.78 is 5.06. The number of carbonyl (C=O) groups is 2. The van der Waals surface area contributed by atoms with Gasteiger partial charge >= 0.3 is 11.9 Å². The molecule has 1 N–H and O–H groups in total. The average molecular weight is 202 g/mol. The molecule has 1 atom stereocenters. The minimum Gasteiger partial charge on any atom is -0.481 e. The number of rotatable bonds is 4. The largest absolute Gasteiger partial charge is 0.481 e. The van der Waals surface area contributed by atoms with Crippen LogP contribution in [-0.2, 0) is 14.3 Å². The normalized spacial score (nSPS) is 13.4. The van der Waals surface area contributed by atoms with Gasteiger partial charge in [-0.25, -0.2) is 0 Å². The predicted molar refractivity (Wildman–Crippen MR) is 51.9 cm³/mol. The number of esters is 1. The molecule has 0 aliphatic heterocycles. The molecule has 0 spiro atoms. The molecule has 0 saturated heterocycles. The van der Waals surface area contributed by atoms with E-state index in [0.29, 0.717) is 6.42 Å². The lowest BCUT2D eigenvalue weighted by Crippen LogP contribution is -2.31. The van der Waals surface area contributed by atoms with Crippen LogP contribution < -0.4 is 0 Å². The second-order valence-electron chi connectivity index (χ2n) is 4.32. The Hall–Kier alpha value is -1.06. The maximum absolute atomic E-state index is 11.1. The lowest BCUT2D eigenvalue weighted by Gasteiger charge is -2.29. The van der Waals surface area contributed by atoms with Gasteiger partial charge in [-0.15, -0.1) is 0 Å². The molecule has 0 aliphatic carbocycles. The van der Waals surface area contributed by atoms with Crippen molar-refractivity contribution in [2.45, 2.75) is 46.6 Å². The van der Waals surface area contributed by atoms with E-state index in [-0.39, 0.29) is 11.5 Å². The quantitative estimate of drug-likeness (QED) is 0.558. The number of hydrogen-bond acceptors (Lipinski definition) is 3. The maximum atomic E-state index is 11.1. The summed E-state index contributed by atoms with van der Waals surface area (Å²) in [4.78, 5) is 21.3. The van der Waals surface area contributed by atoms with Crippen molar-refractivity contribution in [3.63, 3.8) is 0 Å². The Morgan fingerprint density at radius 3 is 2.14 bits per heavy atom. The monoisotopic (exact) mass is 202 g/mol. The highest BCUT2D eigenvalue weighted by atomic mass is 16.5. The first-order chi connectivity index (χ1) is 6.27. The van der Waals surface area contributed by atoms with Gasteiger partial charge < -0.3 is 9.84 Å². The summed E-state index contributed by atoms with van der Waals surface area (Å²) in [6, 6.07) is 0. The first-order valence-corrected chi connectivity index (χ1v) is 4.68. The first kappa shape index (κ1) is 12.9. The molecular formula is C10H18O4. The van der Waals surface area contributed by atoms with Crippen molar-refractivity contribution in [1.29, 1.82) is 0 Å². The number of carbonyl (C=O) groups excluding carboxylic acids is 1. The number of carboxylic acid groups (broad SMARTS) is 1. The second kappa shape index (κ2) is 4.98. The second-order valence-corrected chi connectivity index (χ2v) is 4.32. The van der Waals surface area contributed by atoms with Crippen molar-refractivity contribution in [2.24, 2.45) is 5.41 Å². The third-order valence-electron chi connectivity index (χ3n) is 1.91. The summed E-state index contributed by atoms with van der Waals surface area (Å²) in [5.41, 5.74) is -0.150. The zero-order valence-corrected chi connectivity index (χ0v) is 9.16. The fourth-order valence-corrected chi connectivity index (χ4v) is 1.20. The molecule has 0 heterocycles. The van der Waals surface area contributed by atoms with Crippen LogP contribution >= 0.6 is 0 Å². The van der Waals surface area contributed by atoms with E-state index in [2.05, 4.69) is 0 Å². The number of hydrogen-bond donors (Lipinski definition) is 1. The number of carboxylic acids is 1. The van der Waals surface area contributed by atoms with Crippen molar-refractivity contribution < 1.29 is 19.4 Å². The van der Waals surface area contributed by atoms with Crippen LogP contribution in [0, 0.1) is 5.41 Å². The van der Waals surface area contributed by atoms with Crippen LogP contribution in [0.5, 0.6) is 0 Å². The first-order valence-electron chi connectivity index (χ1n) is 4.68. The van der Waals surface area contributed by atoms with Crippen molar-refractivity contribution in [1.82, 2.24) is 0 Å². The molecule has 82 valence electrons. The highest BCUT2D eigenvalue weighted by Gasteiger charge is 2.27. The molecule has 0 amide bonds. The summed E-state index contributed by atoms with van der Waals surface area (Å²) in [7, 11) is 0. The fraction of sp³-hybridized carbons (Fsp3) is 0.800. The molecule has 4 heteroatoms. The molecular weight excluding hydrogens is 184 g/mol. The zero-order valence-electron chi connectivity index (χ0n) is 9.16. The number of ether oxygens (including phenoxy) is 1. The Labute approximate surface area is 84.3 Å². The van der Waals surface area contributed by atoms with Crippen LogP contribution in [0.15, 0.2) is 0 Å². The van der Waals surface area contributed by atoms with E-state index >= 15 is 0 Å². The van der Waals surface area contributed by atoms with Gasteiger partial charge in [-0.2, -0.15) is 0 Å². The smallest absolute Gasteiger partial charge is 0.317 e. The zero-order chi connectivity index (χ0) is 11.4. The molecule has 0 aromatic heterocycles. The van der Waals surface area contributed by atoms with Crippen LogP contribution in [0.3, 0.4) is 0 Å². The molecule has 0 aliphatic rings. The third-order valence-corrected chi connectivity index (χ3v) is 1.91. The Balaban J connectivity index is 4.19. The Kier molecular flexibility index (Phi) is 4.60. The van der Waals surface area contributed by atoms with Gasteiger partial charge in [0, 0.05) is 0 Å². The van der Waals surface area contributed by atoms with Gasteiger partial charge in [0.2, 0.25) is 0 Å². The van der Waals surface area contributed by atoms with Crippen LogP contribution in [0.1, 0.15) is 40.5 Å². The predicted octanol–water partition coefficient (Wildman–Crippen LogP) is 1.83. The van der Waals surface area contributed by atoms with Gasteiger partial charge in [0.05, 0.1) is 0 Å². The number of aliphatic carboxylic acids is 1. The van der Waals surface area contributed by atoms with E-state index in [1.807, 2.05) is 27.7 Å². The van der Waals surface area contributed by atoms with Gasteiger partial charge in [-0.05, 0) is 11.8 Å². The van der Waals surface area contributed by atoms with E-state index < -0.39 is 18.4 Å². The third kappa shape index (κ3) is 4.84. The van der Waals surface area contributed by atoms with E-state index in [1.54, 1.807) is 0 Å². The van der Waals surface area contributed by atoms with Gasteiger partial charge in [-0.1, -0.05) is 27.7 Å². The van der Waals surface area contributed by atoms with Crippen LogP contribution in [0.4, 0.5) is 0 Å². The molecule has 0 radical (unpaired) electrons. The van der Waals surface area contributed by atoms with Crippen LogP contribution in [0.2, 0.25) is 0 Å². The van der Waals surface area contributed by atoms with E-state index in [9.17, 15) is 9.59 Å². The lowest BCUT2D eigenvalue weighted by molar-refractivity contribution is -0.159. The van der Waals surface area contributed by atoms with Crippen LogP contribution in [0.25, 0.3) is 0 Å². The molecule has 4 nitrogen and oxygen atoms in total. The molecule has 0 saturated carbocycles. The van der Waals surface area contributed by atoms with Crippen LogP contribution in [-0.4, -0.2) is 23.1 Å². The van der Waals surface area contributed by atoms with Crippen molar-refractivity contribution in [2.75, 3.05) is 0 Å². The van der Waals surface area contributed by atoms with Crippen molar-refractivity contribution in [3.05, 3.63) is 0 Å². The molecule has 0 rings (SSSR count). The van der Waals surface area contributed by atoms with Crippen molar-refractivity contribution >= 4 is 11.9 Å². The Morgan fingerprint density at radius 2 is 1.86 bits per heavy atom. The van der Waals surface area contributed by atoms with E-state index in [1.165, 1.54) is 0 Å². The Morgan fingerprint density at radius 1 is 1.36 bits per heavy atom. The van der Waals surface area contributed by atoms with Gasteiger partial charge in [0.15, 0.2) is 0 Å². The SMILES string of the molecule is CCC(OC(=O)CC(=O)O)C(C)(C)C. The molecule has 1 unspecified atom stereocenters. The minimum atomic E-state index is -1.15. The van der Waals surface area contributed by atoms with E-state index in [0.717, 1.165) is 0 Å². The summed E-state index contributed by atoms with van der Waals surface area (Å²) in [6.45, 7) is 7.77.